The van der Waals surface area contributed by atoms with Gasteiger partial charge >= 0.3 is 0 Å². The van der Waals surface area contributed by atoms with Crippen molar-refractivity contribution < 1.29 is 20.4 Å². The molecule has 1 aromatic carbocycles. The first-order valence-corrected chi connectivity index (χ1v) is 13.1. The van der Waals surface area contributed by atoms with Crippen molar-refractivity contribution >= 4 is 0 Å². The van der Waals surface area contributed by atoms with E-state index in [0.717, 1.165) is 56.9 Å². The van der Waals surface area contributed by atoms with Crippen molar-refractivity contribution in [2.75, 3.05) is 0 Å². The van der Waals surface area contributed by atoms with Crippen molar-refractivity contribution in [2.45, 2.75) is 96.6 Å². The highest BCUT2D eigenvalue weighted by Crippen LogP contribution is 2.66. The predicted molar refractivity (Wildman–Crippen MR) is 129 cm³/mol. The minimum atomic E-state index is -1.18. The summed E-state index contributed by atoms with van der Waals surface area (Å²) in [5, 5.41) is 43.4. The molecule has 3 fully saturated rings. The Bertz CT molecular complexity index is 893. The first kappa shape index (κ1) is 23.5. The summed E-state index contributed by atoms with van der Waals surface area (Å²) in [7, 11) is 0. The van der Waals surface area contributed by atoms with Crippen LogP contribution in [0.5, 0.6) is 0 Å². The highest BCUT2D eigenvalue weighted by atomic mass is 16.4. The molecular formula is C29H42O4. The summed E-state index contributed by atoms with van der Waals surface area (Å²) >= 11 is 0. The number of hydrogen-bond donors (Lipinski definition) is 4. The van der Waals surface area contributed by atoms with Crippen LogP contribution in [-0.4, -0.2) is 38.7 Å². The number of fused-ring (bicyclic) bond motifs is 5. The van der Waals surface area contributed by atoms with E-state index in [9.17, 15) is 20.4 Å². The normalized spacial score (nSPS) is 43.0. The van der Waals surface area contributed by atoms with Gasteiger partial charge in [0.05, 0.1) is 12.2 Å². The van der Waals surface area contributed by atoms with Gasteiger partial charge in [-0.2, -0.15) is 0 Å². The standard InChI is InChI=1S/C29H42O4/c1-17-4-6-18(7-5-17)25(31)27(33)26(32)24-11-10-22-21-9-8-19-16-20(30)12-14-28(19,2)23(21)13-15-29(22,24)3/h4-8,20-27,30-33H,9-16H2,1-3H3/t20-,21-,22-,23-,24+,25+,26-,27-,28-,29-/m0/s1. The SMILES string of the molecule is Cc1ccc([C@@H](O)[C@H](O)[C@@H](O)[C@H]2CC[C@H]3[C@@H]4CC=C5C[C@@H](O)CC[C@]5(C)[C@H]4CC[C@]23C)cc1. The lowest BCUT2D eigenvalue weighted by Crippen LogP contribution is -2.52. The Kier molecular flexibility index (Phi) is 6.05. The Hall–Kier alpha value is -1.20. The number of rotatable bonds is 4. The van der Waals surface area contributed by atoms with Crippen molar-refractivity contribution in [3.63, 3.8) is 0 Å². The monoisotopic (exact) mass is 454 g/mol. The molecule has 0 bridgehead atoms. The molecule has 10 atom stereocenters. The molecule has 0 amide bonds. The molecule has 5 rings (SSSR count). The maximum absolute atomic E-state index is 11.3. The zero-order valence-electron chi connectivity index (χ0n) is 20.5. The fourth-order valence-corrected chi connectivity index (χ4v) is 8.63. The van der Waals surface area contributed by atoms with E-state index in [1.54, 1.807) is 0 Å². The summed E-state index contributed by atoms with van der Waals surface area (Å²) in [6.45, 7) is 6.77. The fourth-order valence-electron chi connectivity index (χ4n) is 8.63. The minimum absolute atomic E-state index is 0.00455. The summed E-state index contributed by atoms with van der Waals surface area (Å²) < 4.78 is 0. The third-order valence-electron chi connectivity index (χ3n) is 10.7. The molecule has 0 radical (unpaired) electrons. The first-order valence-electron chi connectivity index (χ1n) is 13.1. The van der Waals surface area contributed by atoms with Gasteiger partial charge in [-0.15, -0.1) is 0 Å². The average molecular weight is 455 g/mol. The second-order valence-corrected chi connectivity index (χ2v) is 12.2. The van der Waals surface area contributed by atoms with Crippen LogP contribution in [0.15, 0.2) is 35.9 Å². The second-order valence-electron chi connectivity index (χ2n) is 12.2. The van der Waals surface area contributed by atoms with E-state index < -0.39 is 18.3 Å². The zero-order chi connectivity index (χ0) is 23.5. The van der Waals surface area contributed by atoms with Gasteiger partial charge in [-0.1, -0.05) is 55.3 Å². The topological polar surface area (TPSA) is 80.9 Å². The number of allylic oxidation sites excluding steroid dienone is 1. The molecule has 182 valence electrons. The number of aryl methyl sites for hydroxylation is 1. The fraction of sp³-hybridized carbons (Fsp3) is 0.724. The van der Waals surface area contributed by atoms with E-state index >= 15 is 0 Å². The van der Waals surface area contributed by atoms with Crippen molar-refractivity contribution in [1.29, 1.82) is 0 Å². The van der Waals surface area contributed by atoms with Crippen LogP contribution in [0.4, 0.5) is 0 Å². The van der Waals surface area contributed by atoms with Crippen LogP contribution in [0.3, 0.4) is 0 Å². The summed E-state index contributed by atoms with van der Waals surface area (Å²) in [5.74, 6) is 1.82. The number of aliphatic hydroxyl groups excluding tert-OH is 4. The molecule has 0 aromatic heterocycles. The molecular weight excluding hydrogens is 412 g/mol. The summed E-state index contributed by atoms with van der Waals surface area (Å²) in [6, 6.07) is 7.55. The van der Waals surface area contributed by atoms with Crippen LogP contribution >= 0.6 is 0 Å². The molecule has 3 saturated carbocycles. The first-order chi connectivity index (χ1) is 15.6. The molecule has 33 heavy (non-hydrogen) atoms. The van der Waals surface area contributed by atoms with Gasteiger partial charge in [-0.05, 0) is 98.4 Å². The van der Waals surface area contributed by atoms with Crippen LogP contribution in [0.2, 0.25) is 0 Å². The number of hydrogen-bond acceptors (Lipinski definition) is 4. The van der Waals surface area contributed by atoms with Gasteiger partial charge in [0.25, 0.3) is 0 Å². The Morgan fingerprint density at radius 1 is 0.909 bits per heavy atom. The lowest BCUT2D eigenvalue weighted by Gasteiger charge is -2.58. The molecule has 0 heterocycles. The summed E-state index contributed by atoms with van der Waals surface area (Å²) in [5.41, 5.74) is 3.45. The second kappa shape index (κ2) is 8.48. The summed E-state index contributed by atoms with van der Waals surface area (Å²) in [4.78, 5) is 0. The molecule has 0 saturated heterocycles. The van der Waals surface area contributed by atoms with Gasteiger partial charge < -0.3 is 20.4 Å². The molecule has 4 N–H and O–H groups in total. The van der Waals surface area contributed by atoms with Crippen LogP contribution in [0, 0.1) is 41.4 Å². The Balaban J connectivity index is 1.35. The maximum Gasteiger partial charge on any atom is 0.110 e. The van der Waals surface area contributed by atoms with Crippen LogP contribution in [-0.2, 0) is 0 Å². The van der Waals surface area contributed by atoms with Gasteiger partial charge in [-0.25, -0.2) is 0 Å². The molecule has 0 aliphatic heterocycles. The Labute approximate surface area is 198 Å². The summed E-state index contributed by atoms with van der Waals surface area (Å²) in [6.07, 6.45) is 7.21. The third kappa shape index (κ3) is 3.73. The maximum atomic E-state index is 11.3. The Morgan fingerprint density at radius 3 is 2.36 bits per heavy atom. The third-order valence-corrected chi connectivity index (χ3v) is 10.7. The minimum Gasteiger partial charge on any atom is -0.393 e. The van der Waals surface area contributed by atoms with E-state index in [2.05, 4.69) is 19.9 Å². The molecule has 4 nitrogen and oxygen atoms in total. The number of aliphatic hydroxyl groups is 4. The lowest BCUT2D eigenvalue weighted by molar-refractivity contribution is -0.122. The van der Waals surface area contributed by atoms with Gasteiger partial charge in [-0.3, -0.25) is 0 Å². The van der Waals surface area contributed by atoms with Crippen molar-refractivity contribution in [3.05, 3.63) is 47.0 Å². The molecule has 0 spiro atoms. The molecule has 0 unspecified atom stereocenters. The van der Waals surface area contributed by atoms with E-state index in [4.69, 9.17) is 0 Å². The van der Waals surface area contributed by atoms with Gasteiger partial charge in [0.15, 0.2) is 0 Å². The smallest absolute Gasteiger partial charge is 0.110 e. The van der Waals surface area contributed by atoms with E-state index in [1.165, 1.54) is 5.57 Å². The Morgan fingerprint density at radius 2 is 1.64 bits per heavy atom. The van der Waals surface area contributed by atoms with Crippen LogP contribution in [0.25, 0.3) is 0 Å². The highest BCUT2D eigenvalue weighted by Gasteiger charge is 2.60. The molecule has 1 aromatic rings. The van der Waals surface area contributed by atoms with Gasteiger partial charge in [0, 0.05) is 0 Å². The zero-order valence-corrected chi connectivity index (χ0v) is 20.5. The highest BCUT2D eigenvalue weighted by molar-refractivity contribution is 5.26. The lowest BCUT2D eigenvalue weighted by atomic mass is 9.47. The predicted octanol–water partition coefficient (Wildman–Crippen LogP) is 4.69. The van der Waals surface area contributed by atoms with E-state index in [0.29, 0.717) is 23.3 Å². The van der Waals surface area contributed by atoms with Crippen LogP contribution in [0.1, 0.15) is 82.4 Å². The molecule has 4 aliphatic rings. The van der Waals surface area contributed by atoms with Gasteiger partial charge in [0.2, 0.25) is 0 Å². The quantitative estimate of drug-likeness (QED) is 0.498. The van der Waals surface area contributed by atoms with Crippen molar-refractivity contribution in [3.8, 4) is 0 Å². The number of benzene rings is 1. The van der Waals surface area contributed by atoms with E-state index in [-0.39, 0.29) is 22.9 Å². The van der Waals surface area contributed by atoms with Crippen LogP contribution < -0.4 is 0 Å². The molecule has 4 aliphatic carbocycles. The van der Waals surface area contributed by atoms with E-state index in [1.807, 2.05) is 31.2 Å². The van der Waals surface area contributed by atoms with Gasteiger partial charge in [0.1, 0.15) is 12.2 Å². The largest absolute Gasteiger partial charge is 0.393 e. The van der Waals surface area contributed by atoms with Crippen molar-refractivity contribution in [2.24, 2.45) is 34.5 Å². The molecule has 4 heteroatoms. The van der Waals surface area contributed by atoms with Crippen molar-refractivity contribution in [1.82, 2.24) is 0 Å². The average Bonchev–Trinajstić information content (AvgIpc) is 3.15.